The third-order valence-corrected chi connectivity index (χ3v) is 9.54. The molecule has 0 unspecified atom stereocenters. The van der Waals surface area contributed by atoms with Gasteiger partial charge in [0.1, 0.15) is 30.2 Å². The summed E-state index contributed by atoms with van der Waals surface area (Å²) < 4.78 is 5.30. The van der Waals surface area contributed by atoms with Crippen molar-refractivity contribution in [1.82, 2.24) is 20.4 Å². The standard InChI is InChI=1S/C35H60ClN5O10/c1-51-30-21-27(37)26(36)20-25(30)35(50)39-24-12-16-40(17-13-24)15-9-5-6-10-31(46)38-14-8-4-2-3-7-11-32(47)41(18-19-42)22-28(44)33(48)34(49)29(45)23-43/h20-21,24,28-29,33-34,42-45,48-49H,2-19,22-23,37H2,1H3,(H,38,46)(H,39,50)/t28-,29+,33+,34+/m0/s1. The predicted octanol–water partition coefficient (Wildman–Crippen LogP) is 0.399. The molecule has 0 saturated carbocycles. The number of aliphatic hydroxyl groups is 6. The maximum absolute atomic E-state index is 12.8. The van der Waals surface area contributed by atoms with Crippen LogP contribution < -0.4 is 21.1 Å². The Morgan fingerprint density at radius 2 is 1.57 bits per heavy atom. The molecule has 1 fully saturated rings. The van der Waals surface area contributed by atoms with Gasteiger partial charge in [-0.3, -0.25) is 14.4 Å². The van der Waals surface area contributed by atoms with Crippen molar-refractivity contribution in [3.8, 4) is 5.75 Å². The van der Waals surface area contributed by atoms with Gasteiger partial charge in [-0.1, -0.05) is 37.3 Å². The number of unbranched alkanes of at least 4 members (excludes halogenated alkanes) is 6. The molecule has 0 radical (unpaired) electrons. The summed E-state index contributed by atoms with van der Waals surface area (Å²) in [5.41, 5.74) is 6.55. The van der Waals surface area contributed by atoms with Crippen LogP contribution in [0.5, 0.6) is 5.75 Å². The summed E-state index contributed by atoms with van der Waals surface area (Å²) in [6, 6.07) is 3.16. The summed E-state index contributed by atoms with van der Waals surface area (Å²) >= 11 is 6.11. The third-order valence-electron chi connectivity index (χ3n) is 9.21. The van der Waals surface area contributed by atoms with Crippen LogP contribution in [0, 0.1) is 0 Å². The number of likely N-dealkylation sites (tertiary alicyclic amines) is 1. The molecule has 2 rings (SSSR count). The number of aliphatic hydroxyl groups excluding tert-OH is 6. The molecule has 0 aromatic heterocycles. The third kappa shape index (κ3) is 16.2. The van der Waals surface area contributed by atoms with Gasteiger partial charge in [0.25, 0.3) is 5.91 Å². The Morgan fingerprint density at radius 3 is 2.24 bits per heavy atom. The van der Waals surface area contributed by atoms with Crippen LogP contribution in [0.3, 0.4) is 0 Å². The van der Waals surface area contributed by atoms with Crippen molar-refractivity contribution >= 4 is 35.0 Å². The number of nitrogen functional groups attached to an aromatic ring is 1. The number of anilines is 1. The number of carbonyl (C=O) groups excluding carboxylic acids is 3. The first-order valence-electron chi connectivity index (χ1n) is 18.1. The first-order valence-corrected chi connectivity index (χ1v) is 18.4. The lowest BCUT2D eigenvalue weighted by atomic mass is 10.0. The zero-order chi connectivity index (χ0) is 37.8. The molecule has 1 aromatic rings. The number of hydrogen-bond acceptors (Lipinski definition) is 12. The van der Waals surface area contributed by atoms with E-state index in [4.69, 9.17) is 27.2 Å². The number of hydrogen-bond donors (Lipinski definition) is 9. The van der Waals surface area contributed by atoms with Crippen LogP contribution in [-0.4, -0.2) is 148 Å². The average Bonchev–Trinajstić information content (AvgIpc) is 3.12. The van der Waals surface area contributed by atoms with Crippen molar-refractivity contribution in [3.05, 3.63) is 22.7 Å². The lowest BCUT2D eigenvalue weighted by molar-refractivity contribution is -0.140. The van der Waals surface area contributed by atoms with Gasteiger partial charge in [-0.2, -0.15) is 0 Å². The van der Waals surface area contributed by atoms with Crippen molar-refractivity contribution in [3.63, 3.8) is 0 Å². The number of nitrogens with zero attached hydrogens (tertiary/aromatic N) is 2. The van der Waals surface area contributed by atoms with Gasteiger partial charge in [0.15, 0.2) is 0 Å². The summed E-state index contributed by atoms with van der Waals surface area (Å²) in [6.07, 6.45) is 2.41. The second-order valence-electron chi connectivity index (χ2n) is 13.2. The van der Waals surface area contributed by atoms with Gasteiger partial charge in [0.2, 0.25) is 11.8 Å². The molecular weight excluding hydrogens is 686 g/mol. The van der Waals surface area contributed by atoms with Crippen LogP contribution in [0.15, 0.2) is 12.1 Å². The maximum atomic E-state index is 12.8. The number of halogens is 1. The molecule has 1 aliphatic rings. The highest BCUT2D eigenvalue weighted by atomic mass is 35.5. The summed E-state index contributed by atoms with van der Waals surface area (Å²) in [7, 11) is 1.49. The van der Waals surface area contributed by atoms with Crippen LogP contribution >= 0.6 is 11.6 Å². The van der Waals surface area contributed by atoms with E-state index in [0.717, 1.165) is 77.4 Å². The molecule has 1 saturated heterocycles. The maximum Gasteiger partial charge on any atom is 0.255 e. The largest absolute Gasteiger partial charge is 0.496 e. The first kappa shape index (κ1) is 44.4. The Morgan fingerprint density at radius 1 is 0.941 bits per heavy atom. The van der Waals surface area contributed by atoms with Crippen molar-refractivity contribution in [2.45, 2.75) is 108 Å². The second-order valence-corrected chi connectivity index (χ2v) is 13.6. The highest BCUT2D eigenvalue weighted by Gasteiger charge is 2.32. The smallest absolute Gasteiger partial charge is 0.255 e. The Labute approximate surface area is 306 Å². The van der Waals surface area contributed by atoms with E-state index in [1.54, 1.807) is 6.07 Å². The summed E-state index contributed by atoms with van der Waals surface area (Å²) in [4.78, 5) is 41.2. The van der Waals surface area contributed by atoms with Crippen LogP contribution in [0.4, 0.5) is 5.69 Å². The minimum absolute atomic E-state index is 0.0471. The van der Waals surface area contributed by atoms with Crippen molar-refractivity contribution in [1.29, 1.82) is 0 Å². The molecule has 1 aliphatic heterocycles. The van der Waals surface area contributed by atoms with Gasteiger partial charge in [-0.25, -0.2) is 0 Å². The van der Waals surface area contributed by atoms with E-state index < -0.39 is 31.0 Å². The lowest BCUT2D eigenvalue weighted by Gasteiger charge is -2.32. The number of amides is 3. The summed E-state index contributed by atoms with van der Waals surface area (Å²) in [6.45, 7) is 1.81. The van der Waals surface area contributed by atoms with E-state index in [9.17, 15) is 39.9 Å². The fourth-order valence-electron chi connectivity index (χ4n) is 6.02. The fraction of sp³-hybridized carbons (Fsp3) is 0.743. The number of rotatable bonds is 25. The summed E-state index contributed by atoms with van der Waals surface area (Å²) in [5.74, 6) is -0.102. The minimum Gasteiger partial charge on any atom is -0.496 e. The van der Waals surface area contributed by atoms with E-state index in [1.807, 2.05) is 0 Å². The molecule has 292 valence electrons. The molecule has 16 heteroatoms. The molecule has 0 spiro atoms. The molecule has 0 bridgehead atoms. The van der Waals surface area contributed by atoms with Crippen LogP contribution in [0.2, 0.25) is 5.02 Å². The van der Waals surface area contributed by atoms with E-state index in [0.29, 0.717) is 41.4 Å². The van der Waals surface area contributed by atoms with E-state index in [-0.39, 0.29) is 49.9 Å². The number of piperidine rings is 1. The molecular formula is C35H60ClN5O10. The minimum atomic E-state index is -1.79. The topological polar surface area (TPSA) is 238 Å². The van der Waals surface area contributed by atoms with Crippen molar-refractivity contribution in [2.24, 2.45) is 0 Å². The van der Waals surface area contributed by atoms with Gasteiger partial charge in [0.05, 0.1) is 36.6 Å². The quantitative estimate of drug-likeness (QED) is 0.0489. The van der Waals surface area contributed by atoms with E-state index in [2.05, 4.69) is 15.5 Å². The molecule has 1 aromatic carbocycles. The number of ether oxygens (including phenoxy) is 1. The molecule has 3 amide bonds. The lowest BCUT2D eigenvalue weighted by Crippen LogP contribution is -2.51. The molecule has 15 nitrogen and oxygen atoms in total. The second kappa shape index (κ2) is 24.5. The molecule has 10 N–H and O–H groups in total. The number of nitrogens with one attached hydrogen (secondary N) is 2. The molecule has 1 heterocycles. The fourth-order valence-corrected chi connectivity index (χ4v) is 6.18. The highest BCUT2D eigenvalue weighted by molar-refractivity contribution is 6.33. The Hall–Kier alpha value is -2.76. The van der Waals surface area contributed by atoms with Crippen molar-refractivity contribution < 1.29 is 49.8 Å². The average molecular weight is 746 g/mol. The van der Waals surface area contributed by atoms with Crippen molar-refractivity contribution in [2.75, 3.05) is 65.3 Å². The number of nitrogens with two attached hydrogens (primary N) is 1. The molecule has 0 aliphatic carbocycles. The van der Waals surface area contributed by atoms with E-state index in [1.165, 1.54) is 18.1 Å². The van der Waals surface area contributed by atoms with E-state index >= 15 is 0 Å². The first-order chi connectivity index (χ1) is 24.4. The van der Waals surface area contributed by atoms with Crippen LogP contribution in [-0.2, 0) is 9.59 Å². The van der Waals surface area contributed by atoms with Crippen LogP contribution in [0.25, 0.3) is 0 Å². The monoisotopic (exact) mass is 745 g/mol. The zero-order valence-corrected chi connectivity index (χ0v) is 30.6. The zero-order valence-electron chi connectivity index (χ0n) is 29.8. The Bertz CT molecular complexity index is 1190. The number of benzene rings is 1. The van der Waals surface area contributed by atoms with Gasteiger partial charge in [0, 0.05) is 57.7 Å². The van der Waals surface area contributed by atoms with Gasteiger partial charge < -0.3 is 61.5 Å². The van der Waals surface area contributed by atoms with Gasteiger partial charge >= 0.3 is 0 Å². The molecule has 4 atom stereocenters. The Balaban J connectivity index is 1.49. The predicted molar refractivity (Wildman–Crippen MR) is 193 cm³/mol. The molecule has 51 heavy (non-hydrogen) atoms. The normalized spacial score (nSPS) is 16.2. The number of methoxy groups -OCH3 is 1. The number of carbonyl (C=O) groups is 3. The van der Waals surface area contributed by atoms with Gasteiger partial charge in [-0.05, 0) is 51.1 Å². The SMILES string of the molecule is COc1cc(N)c(Cl)cc1C(=O)NC1CCN(CCCCCC(=O)NCCCCCCCC(=O)N(CCO)C[C@H](O)[C@@H](O)[C@H](O)[C@H](O)CO)CC1. The van der Waals surface area contributed by atoms with Gasteiger partial charge in [-0.15, -0.1) is 0 Å². The highest BCUT2D eigenvalue weighted by Crippen LogP contribution is 2.29. The van der Waals surface area contributed by atoms with Crippen LogP contribution in [0.1, 0.15) is 87.4 Å². The Kier molecular flexibility index (Phi) is 21.3. The summed E-state index contributed by atoms with van der Waals surface area (Å²) in [5, 5.41) is 64.0.